The van der Waals surface area contributed by atoms with E-state index in [1.54, 1.807) is 12.0 Å². The highest BCUT2D eigenvalue weighted by Gasteiger charge is 2.40. The summed E-state index contributed by atoms with van der Waals surface area (Å²) in [7, 11) is 0. The molecule has 1 aliphatic rings. The van der Waals surface area contributed by atoms with E-state index in [9.17, 15) is 19.2 Å². The van der Waals surface area contributed by atoms with E-state index < -0.39 is 36.4 Å². The molecule has 1 fully saturated rings. The fourth-order valence-electron chi connectivity index (χ4n) is 4.50. The Morgan fingerprint density at radius 3 is 1.88 bits per heavy atom. The first-order chi connectivity index (χ1) is 18.9. The first-order valence-electron chi connectivity index (χ1n) is 13.0. The first kappa shape index (κ1) is 32.4. The number of nitrogens with zero attached hydrogens (tertiary/aromatic N) is 2. The molecule has 2 aromatic carbocycles. The molecular weight excluding hydrogens is 520 g/mol. The quantitative estimate of drug-likeness (QED) is 0.285. The SMILES string of the molecule is CC(=O)N(OCc1ccccc1)C1CCN(CC(C)c2ccccc2)CC1.O=C(O)CC(O)(CC(=O)O)C(=O)O. The van der Waals surface area contributed by atoms with Gasteiger partial charge in [-0.2, -0.15) is 0 Å². The van der Waals surface area contributed by atoms with Crippen LogP contribution in [0.4, 0.5) is 0 Å². The van der Waals surface area contributed by atoms with Gasteiger partial charge in [-0.05, 0) is 29.9 Å². The van der Waals surface area contributed by atoms with Crippen LogP contribution >= 0.6 is 0 Å². The third kappa shape index (κ3) is 10.8. The number of aliphatic carboxylic acids is 3. The Morgan fingerprint density at radius 1 is 0.925 bits per heavy atom. The number of piperidine rings is 1. The molecular formula is C29H38N2O9. The van der Waals surface area contributed by atoms with Crippen LogP contribution in [-0.2, 0) is 30.6 Å². The normalized spacial score (nSPS) is 14.9. The zero-order valence-electron chi connectivity index (χ0n) is 22.8. The topological polar surface area (TPSA) is 165 Å². The van der Waals surface area contributed by atoms with Crippen LogP contribution in [0.3, 0.4) is 0 Å². The van der Waals surface area contributed by atoms with Gasteiger partial charge >= 0.3 is 17.9 Å². The zero-order chi connectivity index (χ0) is 29.7. The average Bonchev–Trinajstić information content (AvgIpc) is 2.90. The van der Waals surface area contributed by atoms with Crippen molar-refractivity contribution < 1.29 is 44.4 Å². The van der Waals surface area contributed by atoms with Crippen molar-refractivity contribution in [2.45, 2.75) is 63.7 Å². The number of carboxylic acid groups (broad SMARTS) is 3. The predicted molar refractivity (Wildman–Crippen MR) is 145 cm³/mol. The van der Waals surface area contributed by atoms with Crippen molar-refractivity contribution in [3.8, 4) is 0 Å². The second-order valence-corrected chi connectivity index (χ2v) is 9.93. The minimum Gasteiger partial charge on any atom is -0.481 e. The highest BCUT2D eigenvalue weighted by atomic mass is 16.7. The maximum absolute atomic E-state index is 12.1. The number of hydrogen-bond donors (Lipinski definition) is 4. The lowest BCUT2D eigenvalue weighted by Gasteiger charge is -2.38. The number of hydrogen-bond acceptors (Lipinski definition) is 7. The monoisotopic (exact) mass is 558 g/mol. The summed E-state index contributed by atoms with van der Waals surface area (Å²) >= 11 is 0. The van der Waals surface area contributed by atoms with Crippen molar-refractivity contribution in [1.29, 1.82) is 0 Å². The second-order valence-electron chi connectivity index (χ2n) is 9.93. The minimum atomic E-state index is -2.74. The maximum atomic E-state index is 12.1. The van der Waals surface area contributed by atoms with Crippen molar-refractivity contribution in [3.63, 3.8) is 0 Å². The fraction of sp³-hybridized carbons (Fsp3) is 0.448. The number of benzene rings is 2. The molecule has 40 heavy (non-hydrogen) atoms. The lowest BCUT2D eigenvalue weighted by atomic mass is 9.96. The van der Waals surface area contributed by atoms with Gasteiger partial charge in [0.2, 0.25) is 5.91 Å². The molecule has 1 unspecified atom stereocenters. The third-order valence-electron chi connectivity index (χ3n) is 6.60. The third-order valence-corrected chi connectivity index (χ3v) is 6.60. The molecule has 3 rings (SSSR count). The summed E-state index contributed by atoms with van der Waals surface area (Å²) in [5.41, 5.74) is -0.272. The molecule has 2 aromatic rings. The highest BCUT2D eigenvalue weighted by molar-refractivity contribution is 5.88. The van der Waals surface area contributed by atoms with Gasteiger partial charge in [0.05, 0.1) is 18.9 Å². The minimum absolute atomic E-state index is 0.0120. The van der Waals surface area contributed by atoms with Gasteiger partial charge in [-0.3, -0.25) is 19.2 Å². The summed E-state index contributed by atoms with van der Waals surface area (Å²) < 4.78 is 0. The molecule has 11 nitrogen and oxygen atoms in total. The average molecular weight is 559 g/mol. The molecule has 1 atom stereocenters. The van der Waals surface area contributed by atoms with Crippen LogP contribution in [0.25, 0.3) is 0 Å². The molecule has 4 N–H and O–H groups in total. The van der Waals surface area contributed by atoms with Gasteiger partial charge in [-0.1, -0.05) is 67.6 Å². The van der Waals surface area contributed by atoms with Crippen LogP contribution in [0.15, 0.2) is 60.7 Å². The summed E-state index contributed by atoms with van der Waals surface area (Å²) in [4.78, 5) is 51.0. The molecule has 1 aliphatic heterocycles. The standard InChI is InChI=1S/C23H30N2O2.C6H8O7/c1-19(22-11-7-4-8-12-22)17-24-15-13-23(14-16-24)25(20(2)26)27-18-21-9-5-3-6-10-21;7-3(8)1-6(13,5(11)12)2-4(9)10/h3-12,19,23H,13-18H2,1-2H3;13H,1-2H2,(H,7,8)(H,9,10)(H,11,12). The number of aliphatic hydroxyl groups is 1. The van der Waals surface area contributed by atoms with Crippen molar-refractivity contribution in [2.24, 2.45) is 0 Å². The van der Waals surface area contributed by atoms with Gasteiger partial charge in [-0.15, -0.1) is 0 Å². The Kier molecular flexibility index (Phi) is 12.7. The molecule has 0 aliphatic carbocycles. The van der Waals surface area contributed by atoms with Gasteiger partial charge in [-0.25, -0.2) is 9.86 Å². The Bertz CT molecular complexity index is 1090. The van der Waals surface area contributed by atoms with E-state index in [2.05, 4.69) is 42.2 Å². The summed E-state index contributed by atoms with van der Waals surface area (Å²) in [5.74, 6) is -4.52. The number of amides is 1. The molecule has 1 saturated heterocycles. The summed E-state index contributed by atoms with van der Waals surface area (Å²) in [5, 5.41) is 35.4. The Balaban J connectivity index is 0.000000366. The van der Waals surface area contributed by atoms with E-state index in [1.165, 1.54) is 5.56 Å². The first-order valence-corrected chi connectivity index (χ1v) is 13.0. The molecule has 0 bridgehead atoms. The number of carbonyl (C=O) groups is 4. The number of carbonyl (C=O) groups excluding carboxylic acids is 1. The van der Waals surface area contributed by atoms with Crippen LogP contribution in [0.1, 0.15) is 56.6 Å². The van der Waals surface area contributed by atoms with Crippen LogP contribution in [-0.4, -0.2) is 85.5 Å². The van der Waals surface area contributed by atoms with E-state index in [1.807, 2.05) is 30.3 Å². The molecule has 0 spiro atoms. The molecule has 11 heteroatoms. The van der Waals surface area contributed by atoms with Gasteiger partial charge in [0.15, 0.2) is 5.60 Å². The summed E-state index contributed by atoms with van der Waals surface area (Å²) in [6, 6.07) is 20.8. The number of likely N-dealkylation sites (tertiary alicyclic amines) is 1. The van der Waals surface area contributed by atoms with Crippen LogP contribution in [0, 0.1) is 0 Å². The van der Waals surface area contributed by atoms with Crippen LogP contribution < -0.4 is 0 Å². The van der Waals surface area contributed by atoms with Crippen molar-refractivity contribution in [3.05, 3.63) is 71.8 Å². The lowest BCUT2D eigenvalue weighted by molar-refractivity contribution is -0.208. The Hall–Kier alpha value is -3.80. The molecule has 0 saturated carbocycles. The smallest absolute Gasteiger partial charge is 0.336 e. The van der Waals surface area contributed by atoms with E-state index in [0.29, 0.717) is 12.5 Å². The Labute approximate surface area is 233 Å². The number of rotatable bonds is 12. The molecule has 1 heterocycles. The van der Waals surface area contributed by atoms with Crippen molar-refractivity contribution >= 4 is 23.8 Å². The highest BCUT2D eigenvalue weighted by Crippen LogP contribution is 2.22. The second kappa shape index (κ2) is 15.7. The summed E-state index contributed by atoms with van der Waals surface area (Å²) in [6.45, 7) is 7.37. The van der Waals surface area contributed by atoms with E-state index in [0.717, 1.165) is 38.0 Å². The van der Waals surface area contributed by atoms with Crippen molar-refractivity contribution in [1.82, 2.24) is 9.96 Å². The molecule has 1 amide bonds. The van der Waals surface area contributed by atoms with Crippen LogP contribution in [0.5, 0.6) is 0 Å². The maximum Gasteiger partial charge on any atom is 0.336 e. The number of carboxylic acids is 3. The van der Waals surface area contributed by atoms with Gasteiger partial charge in [0.25, 0.3) is 0 Å². The summed E-state index contributed by atoms with van der Waals surface area (Å²) in [6.07, 6.45) is -0.380. The largest absolute Gasteiger partial charge is 0.481 e. The van der Waals surface area contributed by atoms with Gasteiger partial charge in [0, 0.05) is 26.6 Å². The van der Waals surface area contributed by atoms with Gasteiger partial charge < -0.3 is 25.3 Å². The predicted octanol–water partition coefficient (Wildman–Crippen LogP) is 2.99. The lowest BCUT2D eigenvalue weighted by Crippen LogP contribution is -2.47. The van der Waals surface area contributed by atoms with E-state index in [-0.39, 0.29) is 11.9 Å². The number of hydroxylamine groups is 2. The van der Waals surface area contributed by atoms with Gasteiger partial charge in [0.1, 0.15) is 6.61 Å². The fourth-order valence-corrected chi connectivity index (χ4v) is 4.50. The van der Waals surface area contributed by atoms with Crippen molar-refractivity contribution in [2.75, 3.05) is 19.6 Å². The molecule has 218 valence electrons. The Morgan fingerprint density at radius 2 is 1.43 bits per heavy atom. The van der Waals surface area contributed by atoms with E-state index >= 15 is 0 Å². The zero-order valence-corrected chi connectivity index (χ0v) is 22.8. The van der Waals surface area contributed by atoms with E-state index in [4.69, 9.17) is 25.3 Å². The molecule has 0 radical (unpaired) electrons. The molecule has 0 aromatic heterocycles. The van der Waals surface area contributed by atoms with Crippen LogP contribution in [0.2, 0.25) is 0 Å².